The largest absolute Gasteiger partial charge is 0.454 e. The minimum absolute atomic E-state index is 0.344. The molecule has 0 radical (unpaired) electrons. The van der Waals surface area contributed by atoms with Crippen molar-refractivity contribution in [2.75, 3.05) is 18.5 Å². The van der Waals surface area contributed by atoms with Crippen molar-refractivity contribution < 1.29 is 19.1 Å². The number of hydrogen-bond donors (Lipinski definition) is 2. The third-order valence-corrected chi connectivity index (χ3v) is 4.36. The van der Waals surface area contributed by atoms with Crippen LogP contribution in [0.4, 0.5) is 5.69 Å². The van der Waals surface area contributed by atoms with E-state index in [1.165, 1.54) is 0 Å². The van der Waals surface area contributed by atoms with Gasteiger partial charge in [0.2, 0.25) is 0 Å². The molecule has 0 aliphatic heterocycles. The predicted octanol–water partition coefficient (Wildman–Crippen LogP) is 3.92. The molecule has 2 N–H and O–H groups in total. The molecule has 0 saturated heterocycles. The van der Waals surface area contributed by atoms with E-state index in [1.807, 2.05) is 42.5 Å². The summed E-state index contributed by atoms with van der Waals surface area (Å²) in [5.41, 5.74) is 2.94. The molecule has 0 saturated carbocycles. The zero-order chi connectivity index (χ0) is 21.3. The lowest BCUT2D eigenvalue weighted by Crippen LogP contribution is -2.32. The van der Waals surface area contributed by atoms with E-state index in [4.69, 9.17) is 16.3 Å². The van der Waals surface area contributed by atoms with Crippen molar-refractivity contribution >= 4 is 35.1 Å². The van der Waals surface area contributed by atoms with Gasteiger partial charge in [0.15, 0.2) is 6.61 Å². The first kappa shape index (κ1) is 21.1. The van der Waals surface area contributed by atoms with Gasteiger partial charge in [-0.3, -0.25) is 14.4 Å². The molecule has 0 bridgehead atoms. The van der Waals surface area contributed by atoms with E-state index in [2.05, 4.69) is 10.6 Å². The van der Waals surface area contributed by atoms with Crippen LogP contribution in [0.2, 0.25) is 5.02 Å². The summed E-state index contributed by atoms with van der Waals surface area (Å²) in [4.78, 5) is 35.8. The maximum absolute atomic E-state index is 12.2. The first-order valence-corrected chi connectivity index (χ1v) is 9.54. The summed E-state index contributed by atoms with van der Waals surface area (Å²) in [6.07, 6.45) is 0. The number of nitrogens with one attached hydrogen (secondary N) is 2. The average molecular weight is 423 g/mol. The Morgan fingerprint density at radius 1 is 0.833 bits per heavy atom. The lowest BCUT2D eigenvalue weighted by atomic mass is 10.0. The van der Waals surface area contributed by atoms with Gasteiger partial charge in [0.25, 0.3) is 11.8 Å². The van der Waals surface area contributed by atoms with Gasteiger partial charge in [0.1, 0.15) is 6.54 Å². The minimum atomic E-state index is -0.717. The normalized spacial score (nSPS) is 10.2. The molecule has 0 aromatic heterocycles. The Balaban J connectivity index is 1.43. The highest BCUT2D eigenvalue weighted by Crippen LogP contribution is 2.19. The second-order valence-electron chi connectivity index (χ2n) is 6.35. The predicted molar refractivity (Wildman–Crippen MR) is 115 cm³/mol. The summed E-state index contributed by atoms with van der Waals surface area (Å²) in [6, 6.07) is 23.4. The van der Waals surface area contributed by atoms with Crippen molar-refractivity contribution in [3.63, 3.8) is 0 Å². The van der Waals surface area contributed by atoms with Gasteiger partial charge in [-0.05, 0) is 41.5 Å². The van der Waals surface area contributed by atoms with E-state index in [9.17, 15) is 14.4 Å². The number of rotatable bonds is 7. The molecule has 3 aromatic carbocycles. The van der Waals surface area contributed by atoms with Crippen LogP contribution in [0.5, 0.6) is 0 Å². The van der Waals surface area contributed by atoms with Crippen molar-refractivity contribution in [2.45, 2.75) is 0 Å². The maximum Gasteiger partial charge on any atom is 0.325 e. The topological polar surface area (TPSA) is 84.5 Å². The van der Waals surface area contributed by atoms with E-state index < -0.39 is 24.4 Å². The number of ether oxygens (including phenoxy) is 1. The van der Waals surface area contributed by atoms with Crippen LogP contribution in [0.3, 0.4) is 0 Å². The number of hydrogen-bond acceptors (Lipinski definition) is 4. The van der Waals surface area contributed by atoms with Gasteiger partial charge in [-0.2, -0.15) is 0 Å². The summed E-state index contributed by atoms with van der Waals surface area (Å²) in [5, 5.41) is 5.51. The third kappa shape index (κ3) is 6.18. The lowest BCUT2D eigenvalue weighted by Gasteiger charge is -2.08. The summed E-state index contributed by atoms with van der Waals surface area (Å²) in [5.74, 6) is -1.63. The molecule has 6 nitrogen and oxygen atoms in total. The number of amides is 2. The monoisotopic (exact) mass is 422 g/mol. The Hall–Kier alpha value is -3.64. The number of anilines is 1. The highest BCUT2D eigenvalue weighted by atomic mass is 35.5. The molecule has 0 fully saturated rings. The van der Waals surface area contributed by atoms with Gasteiger partial charge < -0.3 is 15.4 Å². The summed E-state index contributed by atoms with van der Waals surface area (Å²) in [6.45, 7) is -0.809. The van der Waals surface area contributed by atoms with Crippen LogP contribution in [0.15, 0.2) is 78.9 Å². The molecule has 3 aromatic rings. The van der Waals surface area contributed by atoms with Gasteiger partial charge in [0.05, 0.1) is 0 Å². The van der Waals surface area contributed by atoms with Gasteiger partial charge in [-0.1, -0.05) is 60.1 Å². The molecule has 0 atom stereocenters. The second-order valence-corrected chi connectivity index (χ2v) is 6.78. The van der Waals surface area contributed by atoms with Crippen LogP contribution in [-0.4, -0.2) is 30.9 Å². The van der Waals surface area contributed by atoms with Gasteiger partial charge >= 0.3 is 5.97 Å². The van der Waals surface area contributed by atoms with Gasteiger partial charge in [-0.25, -0.2) is 0 Å². The first-order chi connectivity index (χ1) is 14.5. The molecule has 0 heterocycles. The van der Waals surface area contributed by atoms with Crippen molar-refractivity contribution in [1.29, 1.82) is 0 Å². The smallest absolute Gasteiger partial charge is 0.325 e. The number of esters is 1. The Morgan fingerprint density at radius 2 is 1.53 bits per heavy atom. The average Bonchev–Trinajstić information content (AvgIpc) is 2.77. The Bertz CT molecular complexity index is 1040. The quantitative estimate of drug-likeness (QED) is 0.565. The molecule has 0 unspecified atom stereocenters. The molecule has 2 amide bonds. The molecule has 3 rings (SSSR count). The SMILES string of the molecule is O=C(COC(=O)CNC(=O)c1ccc(-c2ccccc2)cc1)Nc1cccc(Cl)c1. The third-order valence-electron chi connectivity index (χ3n) is 4.12. The van der Waals surface area contributed by atoms with E-state index in [0.29, 0.717) is 16.3 Å². The molecule has 0 spiro atoms. The maximum atomic E-state index is 12.2. The van der Waals surface area contributed by atoms with Crippen LogP contribution in [0.25, 0.3) is 11.1 Å². The standard InChI is InChI=1S/C23H19ClN2O4/c24-19-7-4-8-20(13-19)26-21(27)15-30-22(28)14-25-23(29)18-11-9-17(10-12-18)16-5-2-1-3-6-16/h1-13H,14-15H2,(H,25,29)(H,26,27). The lowest BCUT2D eigenvalue weighted by molar-refractivity contribution is -0.146. The highest BCUT2D eigenvalue weighted by molar-refractivity contribution is 6.30. The van der Waals surface area contributed by atoms with Crippen LogP contribution in [-0.2, 0) is 14.3 Å². The van der Waals surface area contributed by atoms with Crippen molar-refractivity contribution in [2.24, 2.45) is 0 Å². The Labute approximate surface area is 178 Å². The number of carbonyl (C=O) groups excluding carboxylic acids is 3. The molecular formula is C23H19ClN2O4. The van der Waals surface area contributed by atoms with Crippen LogP contribution < -0.4 is 10.6 Å². The fourth-order valence-electron chi connectivity index (χ4n) is 2.66. The highest BCUT2D eigenvalue weighted by Gasteiger charge is 2.11. The molecule has 0 aliphatic carbocycles. The first-order valence-electron chi connectivity index (χ1n) is 9.16. The molecule has 7 heteroatoms. The van der Waals surface area contributed by atoms with E-state index in [0.717, 1.165) is 11.1 Å². The molecule has 0 aliphatic rings. The van der Waals surface area contributed by atoms with Gasteiger partial charge in [-0.15, -0.1) is 0 Å². The van der Waals surface area contributed by atoms with Crippen LogP contribution >= 0.6 is 11.6 Å². The van der Waals surface area contributed by atoms with Crippen molar-refractivity contribution in [3.8, 4) is 11.1 Å². The number of benzene rings is 3. The van der Waals surface area contributed by atoms with E-state index in [1.54, 1.807) is 36.4 Å². The van der Waals surface area contributed by atoms with E-state index >= 15 is 0 Å². The minimum Gasteiger partial charge on any atom is -0.454 e. The van der Waals surface area contributed by atoms with E-state index in [-0.39, 0.29) is 6.54 Å². The molecule has 152 valence electrons. The molecule has 30 heavy (non-hydrogen) atoms. The Kier molecular flexibility index (Phi) is 7.19. The summed E-state index contributed by atoms with van der Waals surface area (Å²) >= 11 is 5.84. The van der Waals surface area contributed by atoms with Crippen molar-refractivity contribution in [1.82, 2.24) is 5.32 Å². The number of carbonyl (C=O) groups is 3. The van der Waals surface area contributed by atoms with Crippen LogP contribution in [0, 0.1) is 0 Å². The fourth-order valence-corrected chi connectivity index (χ4v) is 2.85. The molecular weight excluding hydrogens is 404 g/mol. The van der Waals surface area contributed by atoms with Crippen LogP contribution in [0.1, 0.15) is 10.4 Å². The fraction of sp³-hybridized carbons (Fsp3) is 0.0870. The zero-order valence-electron chi connectivity index (χ0n) is 15.9. The Morgan fingerprint density at radius 3 is 2.23 bits per heavy atom. The second kappa shape index (κ2) is 10.2. The zero-order valence-corrected chi connectivity index (χ0v) is 16.7. The number of halogens is 1. The van der Waals surface area contributed by atoms with Gasteiger partial charge in [0, 0.05) is 16.3 Å². The summed E-state index contributed by atoms with van der Waals surface area (Å²) < 4.78 is 4.87. The van der Waals surface area contributed by atoms with Crippen molar-refractivity contribution in [3.05, 3.63) is 89.4 Å². The summed E-state index contributed by atoms with van der Waals surface area (Å²) in [7, 11) is 0.